The molecule has 0 saturated heterocycles. The molecule has 2 heteroatoms. The number of hydrogen-bond acceptors (Lipinski definition) is 2. The van der Waals surface area contributed by atoms with Crippen LogP contribution in [-0.2, 0) is 9.53 Å². The Morgan fingerprint density at radius 1 is 1.26 bits per heavy atom. The molecule has 0 spiro atoms. The first-order chi connectivity index (χ1) is 9.01. The van der Waals surface area contributed by atoms with Crippen LogP contribution in [0.2, 0.25) is 0 Å². The Labute approximate surface area is 114 Å². The van der Waals surface area contributed by atoms with Crippen LogP contribution in [0.4, 0.5) is 0 Å². The van der Waals surface area contributed by atoms with Crippen LogP contribution in [0.15, 0.2) is 47.7 Å². The van der Waals surface area contributed by atoms with Gasteiger partial charge in [0.1, 0.15) is 0 Å². The standard InChI is InChI=1S/C17H20O2/c1-13-11-12-17(3,19-14(13)2)16(18)10-9-15-7-5-4-6-8-15/h4-10H,11-12H2,1-3H3/b10-9+/t17-/m0/s1. The van der Waals surface area contributed by atoms with Gasteiger partial charge in [0.25, 0.3) is 0 Å². The molecule has 0 radical (unpaired) electrons. The molecule has 0 aromatic heterocycles. The third kappa shape index (κ3) is 3.14. The van der Waals surface area contributed by atoms with E-state index in [4.69, 9.17) is 4.74 Å². The maximum Gasteiger partial charge on any atom is 0.198 e. The van der Waals surface area contributed by atoms with Gasteiger partial charge in [-0.25, -0.2) is 0 Å². The Kier molecular flexibility index (Phi) is 3.89. The van der Waals surface area contributed by atoms with Gasteiger partial charge in [-0.1, -0.05) is 36.4 Å². The number of allylic oxidation sites excluding steroid dienone is 2. The number of benzene rings is 1. The van der Waals surface area contributed by atoms with Crippen molar-refractivity contribution in [3.8, 4) is 0 Å². The van der Waals surface area contributed by atoms with Gasteiger partial charge in [0.15, 0.2) is 11.4 Å². The van der Waals surface area contributed by atoms with Gasteiger partial charge in [-0.05, 0) is 50.8 Å². The third-order valence-corrected chi connectivity index (χ3v) is 3.70. The summed E-state index contributed by atoms with van der Waals surface area (Å²) in [6, 6.07) is 9.83. The summed E-state index contributed by atoms with van der Waals surface area (Å²) >= 11 is 0. The normalized spacial score (nSPS) is 23.5. The van der Waals surface area contributed by atoms with Crippen LogP contribution in [0.25, 0.3) is 6.08 Å². The minimum Gasteiger partial charge on any atom is -0.484 e. The number of carbonyl (C=O) groups is 1. The van der Waals surface area contributed by atoms with E-state index in [2.05, 4.69) is 6.92 Å². The second kappa shape index (κ2) is 5.43. The number of hydrogen-bond donors (Lipinski definition) is 0. The molecule has 19 heavy (non-hydrogen) atoms. The lowest BCUT2D eigenvalue weighted by molar-refractivity contribution is -0.134. The van der Waals surface area contributed by atoms with Crippen LogP contribution < -0.4 is 0 Å². The first kappa shape index (κ1) is 13.6. The molecular formula is C17H20O2. The largest absolute Gasteiger partial charge is 0.484 e. The smallest absolute Gasteiger partial charge is 0.198 e. The van der Waals surface area contributed by atoms with Crippen molar-refractivity contribution in [2.45, 2.75) is 39.2 Å². The molecule has 0 bridgehead atoms. The van der Waals surface area contributed by atoms with Crippen LogP contribution >= 0.6 is 0 Å². The highest BCUT2D eigenvalue weighted by Gasteiger charge is 2.36. The molecule has 0 amide bonds. The molecule has 1 aliphatic heterocycles. The molecule has 2 rings (SSSR count). The Bertz CT molecular complexity index is 525. The Hall–Kier alpha value is -1.83. The van der Waals surface area contributed by atoms with Crippen molar-refractivity contribution in [3.05, 3.63) is 53.3 Å². The van der Waals surface area contributed by atoms with Crippen LogP contribution in [0.5, 0.6) is 0 Å². The van der Waals surface area contributed by atoms with Crippen molar-refractivity contribution in [1.29, 1.82) is 0 Å². The predicted octanol–water partition coefficient (Wildman–Crippen LogP) is 4.13. The second-order valence-corrected chi connectivity index (χ2v) is 5.28. The zero-order valence-electron chi connectivity index (χ0n) is 11.8. The maximum atomic E-state index is 12.3. The zero-order chi connectivity index (χ0) is 13.9. The number of ether oxygens (including phenoxy) is 1. The summed E-state index contributed by atoms with van der Waals surface area (Å²) in [7, 11) is 0. The first-order valence-corrected chi connectivity index (χ1v) is 6.64. The van der Waals surface area contributed by atoms with Crippen LogP contribution in [-0.4, -0.2) is 11.4 Å². The fourth-order valence-corrected chi connectivity index (χ4v) is 2.16. The van der Waals surface area contributed by atoms with E-state index in [-0.39, 0.29) is 5.78 Å². The van der Waals surface area contributed by atoms with Crippen molar-refractivity contribution in [2.75, 3.05) is 0 Å². The number of carbonyl (C=O) groups excluding carboxylic acids is 1. The molecule has 1 aromatic rings. The van der Waals surface area contributed by atoms with E-state index in [1.807, 2.05) is 50.3 Å². The fraction of sp³-hybridized carbons (Fsp3) is 0.353. The predicted molar refractivity (Wildman–Crippen MR) is 77.6 cm³/mol. The number of rotatable bonds is 3. The maximum absolute atomic E-state index is 12.3. The molecule has 0 fully saturated rings. The molecule has 0 aliphatic carbocycles. The van der Waals surface area contributed by atoms with E-state index < -0.39 is 5.60 Å². The van der Waals surface area contributed by atoms with Crippen LogP contribution in [0.1, 0.15) is 39.2 Å². The van der Waals surface area contributed by atoms with Crippen molar-refractivity contribution in [2.24, 2.45) is 0 Å². The van der Waals surface area contributed by atoms with Crippen molar-refractivity contribution >= 4 is 11.9 Å². The Morgan fingerprint density at radius 3 is 2.58 bits per heavy atom. The summed E-state index contributed by atoms with van der Waals surface area (Å²) in [6.07, 6.45) is 5.14. The average Bonchev–Trinajstić information content (AvgIpc) is 2.42. The summed E-state index contributed by atoms with van der Waals surface area (Å²) in [6.45, 7) is 5.86. The lowest BCUT2D eigenvalue weighted by atomic mass is 9.89. The molecule has 0 N–H and O–H groups in total. The molecule has 1 atom stereocenters. The van der Waals surface area contributed by atoms with E-state index in [1.54, 1.807) is 6.08 Å². The highest BCUT2D eigenvalue weighted by Crippen LogP contribution is 2.32. The number of ketones is 1. The SMILES string of the molecule is CC1=C(C)O[C@](C)(C(=O)/C=C/c2ccccc2)CC1. The fourth-order valence-electron chi connectivity index (χ4n) is 2.16. The molecule has 0 unspecified atom stereocenters. The minimum atomic E-state index is -0.713. The van der Waals surface area contributed by atoms with Crippen LogP contribution in [0.3, 0.4) is 0 Å². The van der Waals surface area contributed by atoms with E-state index >= 15 is 0 Å². The second-order valence-electron chi connectivity index (χ2n) is 5.28. The summed E-state index contributed by atoms with van der Waals surface area (Å²) in [5.41, 5.74) is 1.55. The van der Waals surface area contributed by atoms with Gasteiger partial charge in [-0.2, -0.15) is 0 Å². The molecular weight excluding hydrogens is 236 g/mol. The molecule has 1 heterocycles. The quantitative estimate of drug-likeness (QED) is 0.760. The highest BCUT2D eigenvalue weighted by molar-refractivity contribution is 6.00. The van der Waals surface area contributed by atoms with E-state index in [9.17, 15) is 4.79 Å². The van der Waals surface area contributed by atoms with E-state index in [0.717, 1.165) is 24.2 Å². The van der Waals surface area contributed by atoms with Crippen molar-refractivity contribution in [3.63, 3.8) is 0 Å². The van der Waals surface area contributed by atoms with Gasteiger partial charge >= 0.3 is 0 Å². The summed E-state index contributed by atoms with van der Waals surface area (Å²) < 4.78 is 5.82. The summed E-state index contributed by atoms with van der Waals surface area (Å²) in [5, 5.41) is 0. The van der Waals surface area contributed by atoms with Crippen LogP contribution in [0, 0.1) is 0 Å². The molecule has 1 aliphatic rings. The van der Waals surface area contributed by atoms with E-state index in [0.29, 0.717) is 0 Å². The molecule has 2 nitrogen and oxygen atoms in total. The third-order valence-electron chi connectivity index (χ3n) is 3.70. The van der Waals surface area contributed by atoms with Gasteiger partial charge in [-0.3, -0.25) is 4.79 Å². The van der Waals surface area contributed by atoms with Gasteiger partial charge in [0, 0.05) is 0 Å². The Morgan fingerprint density at radius 2 is 1.95 bits per heavy atom. The highest BCUT2D eigenvalue weighted by atomic mass is 16.5. The monoisotopic (exact) mass is 256 g/mol. The lowest BCUT2D eigenvalue weighted by Crippen LogP contribution is -2.39. The van der Waals surface area contributed by atoms with Gasteiger partial charge in [0.2, 0.25) is 0 Å². The topological polar surface area (TPSA) is 26.3 Å². The zero-order valence-corrected chi connectivity index (χ0v) is 11.8. The summed E-state index contributed by atoms with van der Waals surface area (Å²) in [4.78, 5) is 12.3. The summed E-state index contributed by atoms with van der Waals surface area (Å²) in [5.74, 6) is 0.915. The van der Waals surface area contributed by atoms with Gasteiger partial charge in [0.05, 0.1) is 5.76 Å². The lowest BCUT2D eigenvalue weighted by Gasteiger charge is -2.33. The molecule has 0 saturated carbocycles. The average molecular weight is 256 g/mol. The van der Waals surface area contributed by atoms with Gasteiger partial charge in [-0.15, -0.1) is 0 Å². The van der Waals surface area contributed by atoms with Crippen molar-refractivity contribution in [1.82, 2.24) is 0 Å². The Balaban J connectivity index is 2.10. The molecule has 100 valence electrons. The van der Waals surface area contributed by atoms with E-state index in [1.165, 1.54) is 5.57 Å². The van der Waals surface area contributed by atoms with Crippen molar-refractivity contribution < 1.29 is 9.53 Å². The molecule has 1 aromatic carbocycles. The van der Waals surface area contributed by atoms with Gasteiger partial charge < -0.3 is 4.74 Å². The minimum absolute atomic E-state index is 0.0307. The first-order valence-electron chi connectivity index (χ1n) is 6.64.